The van der Waals surface area contributed by atoms with Crippen molar-refractivity contribution in [2.45, 2.75) is 25.4 Å². The van der Waals surface area contributed by atoms with Crippen LogP contribution in [0.1, 0.15) is 19.3 Å². The van der Waals surface area contributed by atoms with E-state index < -0.39 is 6.10 Å². The fraction of sp³-hybridized carbons (Fsp3) is 0.600. The van der Waals surface area contributed by atoms with Crippen LogP contribution in [0.3, 0.4) is 0 Å². The molecule has 1 aliphatic heterocycles. The molecule has 5 nitrogen and oxygen atoms in total. The molecule has 2 rings (SSSR count). The number of anilines is 2. The van der Waals surface area contributed by atoms with Crippen molar-refractivity contribution < 1.29 is 14.9 Å². The molecule has 3 N–H and O–H groups in total. The first-order chi connectivity index (χ1) is 9.74. The van der Waals surface area contributed by atoms with Crippen LogP contribution >= 0.6 is 0 Å². The molecule has 1 unspecified atom stereocenters. The van der Waals surface area contributed by atoms with Crippen molar-refractivity contribution in [3.63, 3.8) is 0 Å². The first kappa shape index (κ1) is 14.9. The van der Waals surface area contributed by atoms with E-state index in [0.717, 1.165) is 30.2 Å². The van der Waals surface area contributed by atoms with E-state index in [2.05, 4.69) is 16.3 Å². The Morgan fingerprint density at radius 2 is 2.05 bits per heavy atom. The lowest BCUT2D eigenvalue weighted by Gasteiger charge is -2.30. The second-order valence-electron chi connectivity index (χ2n) is 5.15. The molecule has 1 fully saturated rings. The van der Waals surface area contributed by atoms with Crippen molar-refractivity contribution in [3.05, 3.63) is 18.2 Å². The Hall–Kier alpha value is -1.46. The van der Waals surface area contributed by atoms with Gasteiger partial charge in [0.2, 0.25) is 0 Å². The Morgan fingerprint density at radius 1 is 1.30 bits per heavy atom. The molecule has 0 saturated carbocycles. The van der Waals surface area contributed by atoms with Crippen LogP contribution in [0.2, 0.25) is 0 Å². The standard InChI is InChI=1S/C15H24N2O3/c1-20-15-9-12(16-10-13(19)11-18)5-6-14(15)17-7-3-2-4-8-17/h5-6,9,13,16,18-19H,2-4,7-8,10-11H2,1H3. The number of ether oxygens (including phenoxy) is 1. The van der Waals surface area contributed by atoms with E-state index in [1.54, 1.807) is 7.11 Å². The lowest BCUT2D eigenvalue weighted by atomic mass is 10.1. The number of nitrogens with one attached hydrogen (secondary N) is 1. The predicted molar refractivity (Wildman–Crippen MR) is 80.6 cm³/mol. The van der Waals surface area contributed by atoms with Gasteiger partial charge in [-0.15, -0.1) is 0 Å². The minimum absolute atomic E-state index is 0.240. The first-order valence-corrected chi connectivity index (χ1v) is 7.20. The summed E-state index contributed by atoms with van der Waals surface area (Å²) in [7, 11) is 1.68. The van der Waals surface area contributed by atoms with Gasteiger partial charge in [-0.1, -0.05) is 0 Å². The summed E-state index contributed by atoms with van der Waals surface area (Å²) in [6.45, 7) is 2.23. The van der Waals surface area contributed by atoms with Gasteiger partial charge >= 0.3 is 0 Å². The molecule has 0 radical (unpaired) electrons. The van der Waals surface area contributed by atoms with Crippen molar-refractivity contribution in [2.75, 3.05) is 43.6 Å². The third kappa shape index (κ3) is 3.77. The average molecular weight is 280 g/mol. The highest BCUT2D eigenvalue weighted by Gasteiger charge is 2.15. The highest BCUT2D eigenvalue weighted by atomic mass is 16.5. The summed E-state index contributed by atoms with van der Waals surface area (Å²) in [5.74, 6) is 0.843. The molecule has 0 aromatic heterocycles. The summed E-state index contributed by atoms with van der Waals surface area (Å²) >= 11 is 0. The van der Waals surface area contributed by atoms with Gasteiger partial charge < -0.3 is 25.2 Å². The normalized spacial score (nSPS) is 16.9. The third-order valence-electron chi connectivity index (χ3n) is 3.63. The molecular weight excluding hydrogens is 256 g/mol. The number of piperidine rings is 1. The summed E-state index contributed by atoms with van der Waals surface area (Å²) in [5.41, 5.74) is 2.01. The molecule has 0 amide bonds. The molecule has 0 bridgehead atoms. The van der Waals surface area contributed by atoms with E-state index in [-0.39, 0.29) is 6.61 Å². The topological polar surface area (TPSA) is 65.0 Å². The van der Waals surface area contributed by atoms with E-state index in [1.165, 1.54) is 19.3 Å². The Bertz CT molecular complexity index is 420. The van der Waals surface area contributed by atoms with Crippen LogP contribution in [0.5, 0.6) is 5.75 Å². The van der Waals surface area contributed by atoms with Crippen LogP contribution in [0.4, 0.5) is 11.4 Å². The van der Waals surface area contributed by atoms with Crippen LogP contribution in [-0.2, 0) is 0 Å². The quantitative estimate of drug-likeness (QED) is 0.736. The van der Waals surface area contributed by atoms with Gasteiger partial charge in [0.1, 0.15) is 5.75 Å². The monoisotopic (exact) mass is 280 g/mol. The summed E-state index contributed by atoms with van der Waals surface area (Å²) in [5, 5.41) is 21.3. The largest absolute Gasteiger partial charge is 0.495 e. The van der Waals surface area contributed by atoms with Crippen molar-refractivity contribution in [1.82, 2.24) is 0 Å². The number of methoxy groups -OCH3 is 1. The molecule has 1 aliphatic rings. The van der Waals surface area contributed by atoms with E-state index in [0.29, 0.717) is 6.54 Å². The average Bonchev–Trinajstić information content (AvgIpc) is 2.53. The zero-order valence-corrected chi connectivity index (χ0v) is 12.0. The molecule has 1 aromatic carbocycles. The number of nitrogens with zero attached hydrogens (tertiary/aromatic N) is 1. The maximum Gasteiger partial charge on any atom is 0.144 e. The summed E-state index contributed by atoms with van der Waals surface area (Å²) in [6.07, 6.45) is 3.01. The molecular formula is C15H24N2O3. The fourth-order valence-corrected chi connectivity index (χ4v) is 2.48. The number of rotatable bonds is 6. The lowest BCUT2D eigenvalue weighted by molar-refractivity contribution is 0.105. The summed E-state index contributed by atoms with van der Waals surface area (Å²) < 4.78 is 5.48. The number of hydrogen-bond donors (Lipinski definition) is 3. The number of benzene rings is 1. The lowest BCUT2D eigenvalue weighted by Crippen LogP contribution is -2.29. The van der Waals surface area contributed by atoms with Gasteiger partial charge in [0.15, 0.2) is 0 Å². The third-order valence-corrected chi connectivity index (χ3v) is 3.63. The van der Waals surface area contributed by atoms with E-state index in [9.17, 15) is 5.11 Å². The number of hydrogen-bond acceptors (Lipinski definition) is 5. The molecule has 0 aliphatic carbocycles. The van der Waals surface area contributed by atoms with Gasteiger partial charge in [-0.25, -0.2) is 0 Å². The zero-order chi connectivity index (χ0) is 14.4. The minimum Gasteiger partial charge on any atom is -0.495 e. The van der Waals surface area contributed by atoms with E-state index in [1.807, 2.05) is 12.1 Å². The molecule has 20 heavy (non-hydrogen) atoms. The molecule has 1 heterocycles. The van der Waals surface area contributed by atoms with Crippen molar-refractivity contribution >= 4 is 11.4 Å². The van der Waals surface area contributed by atoms with E-state index >= 15 is 0 Å². The van der Waals surface area contributed by atoms with Gasteiger partial charge in [0.05, 0.1) is 25.5 Å². The SMILES string of the molecule is COc1cc(NCC(O)CO)ccc1N1CCCCC1. The Morgan fingerprint density at radius 3 is 2.70 bits per heavy atom. The summed E-state index contributed by atoms with van der Waals surface area (Å²) in [4.78, 5) is 2.36. The van der Waals surface area contributed by atoms with Crippen LogP contribution in [0, 0.1) is 0 Å². The molecule has 112 valence electrons. The van der Waals surface area contributed by atoms with Gasteiger partial charge in [-0.2, -0.15) is 0 Å². The van der Waals surface area contributed by atoms with E-state index in [4.69, 9.17) is 9.84 Å². The minimum atomic E-state index is -0.747. The van der Waals surface area contributed by atoms with Crippen LogP contribution < -0.4 is 15.0 Å². The molecule has 0 spiro atoms. The Labute approximate surface area is 120 Å². The van der Waals surface area contributed by atoms with Gasteiger partial charge in [0, 0.05) is 31.4 Å². The summed E-state index contributed by atoms with van der Waals surface area (Å²) in [6, 6.07) is 5.97. The van der Waals surface area contributed by atoms with Gasteiger partial charge in [-0.3, -0.25) is 0 Å². The Balaban J connectivity index is 2.06. The van der Waals surface area contributed by atoms with Gasteiger partial charge in [0.25, 0.3) is 0 Å². The smallest absolute Gasteiger partial charge is 0.144 e. The van der Waals surface area contributed by atoms with Crippen molar-refractivity contribution in [2.24, 2.45) is 0 Å². The van der Waals surface area contributed by atoms with Crippen molar-refractivity contribution in [1.29, 1.82) is 0 Å². The highest BCUT2D eigenvalue weighted by molar-refractivity contribution is 5.65. The second-order valence-corrected chi connectivity index (χ2v) is 5.15. The van der Waals surface area contributed by atoms with Crippen molar-refractivity contribution in [3.8, 4) is 5.75 Å². The second kappa shape index (κ2) is 7.36. The first-order valence-electron chi connectivity index (χ1n) is 7.20. The van der Waals surface area contributed by atoms with Crippen LogP contribution in [0.15, 0.2) is 18.2 Å². The highest BCUT2D eigenvalue weighted by Crippen LogP contribution is 2.32. The number of aliphatic hydroxyl groups is 2. The zero-order valence-electron chi connectivity index (χ0n) is 12.0. The molecule has 1 atom stereocenters. The predicted octanol–water partition coefficient (Wildman–Crippen LogP) is 1.45. The molecule has 1 aromatic rings. The molecule has 5 heteroatoms. The van der Waals surface area contributed by atoms with Crippen LogP contribution in [-0.4, -0.2) is 49.7 Å². The maximum atomic E-state index is 9.35. The number of aliphatic hydroxyl groups excluding tert-OH is 2. The van der Waals surface area contributed by atoms with Crippen LogP contribution in [0.25, 0.3) is 0 Å². The fourth-order valence-electron chi connectivity index (χ4n) is 2.48. The Kier molecular flexibility index (Phi) is 5.49. The maximum absolute atomic E-state index is 9.35. The van der Waals surface area contributed by atoms with Gasteiger partial charge in [-0.05, 0) is 31.4 Å². The molecule has 1 saturated heterocycles.